The Morgan fingerprint density at radius 2 is 1.48 bits per heavy atom. The third-order valence-electron chi connectivity index (χ3n) is 5.01. The highest BCUT2D eigenvalue weighted by Gasteiger charge is 2.22. The molecule has 33 heavy (non-hydrogen) atoms. The van der Waals surface area contributed by atoms with Crippen LogP contribution in [0.4, 0.5) is 5.69 Å². The van der Waals surface area contributed by atoms with E-state index in [1.54, 1.807) is 24.3 Å². The van der Waals surface area contributed by atoms with E-state index in [1.165, 1.54) is 0 Å². The maximum atomic E-state index is 12.7. The summed E-state index contributed by atoms with van der Waals surface area (Å²) in [5, 5.41) is 5.52. The molecule has 3 aromatic rings. The maximum Gasteiger partial charge on any atom is 0.253 e. The van der Waals surface area contributed by atoms with Crippen LogP contribution in [0.3, 0.4) is 0 Å². The topological polar surface area (TPSA) is 95.6 Å². The molecule has 0 saturated carbocycles. The van der Waals surface area contributed by atoms with Gasteiger partial charge in [0.25, 0.3) is 5.91 Å². The van der Waals surface area contributed by atoms with Gasteiger partial charge in [-0.3, -0.25) is 9.59 Å². The second kappa shape index (κ2) is 10.9. The minimum absolute atomic E-state index is 0.0751. The molecule has 0 aliphatic heterocycles. The molecule has 0 radical (unpaired) electrons. The summed E-state index contributed by atoms with van der Waals surface area (Å²) in [5.74, 6) is -0.870. The Hall–Kier alpha value is -3.49. The first-order valence-corrected chi connectivity index (χ1v) is 12.3. The number of anilines is 1. The van der Waals surface area contributed by atoms with Crippen molar-refractivity contribution in [2.75, 3.05) is 18.1 Å². The molecule has 8 heteroatoms. The molecule has 2 N–H and O–H groups in total. The first kappa shape index (κ1) is 24.2. The van der Waals surface area contributed by atoms with Crippen LogP contribution in [0.2, 0.25) is 0 Å². The summed E-state index contributed by atoms with van der Waals surface area (Å²) in [5.41, 5.74) is 3.40. The van der Waals surface area contributed by atoms with Gasteiger partial charge in [0.05, 0.1) is 24.1 Å². The minimum Gasteiger partial charge on any atom is -0.348 e. The summed E-state index contributed by atoms with van der Waals surface area (Å²) >= 11 is 0. The van der Waals surface area contributed by atoms with Gasteiger partial charge in [-0.15, -0.1) is 0 Å². The van der Waals surface area contributed by atoms with Gasteiger partial charge in [0.1, 0.15) is 0 Å². The molecular formula is C25H27N3O4S. The zero-order valence-electron chi connectivity index (χ0n) is 18.6. The van der Waals surface area contributed by atoms with E-state index in [2.05, 4.69) is 10.6 Å². The van der Waals surface area contributed by atoms with E-state index >= 15 is 0 Å². The van der Waals surface area contributed by atoms with Crippen molar-refractivity contribution in [3.05, 3.63) is 101 Å². The minimum atomic E-state index is -3.63. The molecular weight excluding hydrogens is 438 g/mol. The van der Waals surface area contributed by atoms with Crippen LogP contribution in [0.25, 0.3) is 0 Å². The summed E-state index contributed by atoms with van der Waals surface area (Å²) in [6.45, 7) is 2.00. The number of carbonyl (C=O) groups excluding carboxylic acids is 2. The highest BCUT2D eigenvalue weighted by molar-refractivity contribution is 7.88. The Bertz CT molecular complexity index is 1210. The molecule has 0 bridgehead atoms. The van der Waals surface area contributed by atoms with Crippen LogP contribution in [0, 0.1) is 6.92 Å². The molecule has 7 nitrogen and oxygen atoms in total. The summed E-state index contributed by atoms with van der Waals surface area (Å²) < 4.78 is 25.6. The van der Waals surface area contributed by atoms with Crippen LogP contribution in [0.15, 0.2) is 78.9 Å². The molecule has 3 rings (SSSR count). The number of aryl methyl sites for hydroxylation is 1. The molecule has 0 spiro atoms. The van der Waals surface area contributed by atoms with Crippen molar-refractivity contribution in [1.82, 2.24) is 9.62 Å². The van der Waals surface area contributed by atoms with Crippen molar-refractivity contribution in [1.29, 1.82) is 0 Å². The first-order valence-electron chi connectivity index (χ1n) is 10.4. The van der Waals surface area contributed by atoms with E-state index in [-0.39, 0.29) is 19.0 Å². The van der Waals surface area contributed by atoms with Crippen LogP contribution < -0.4 is 10.6 Å². The van der Waals surface area contributed by atoms with E-state index in [4.69, 9.17) is 0 Å². The average Bonchev–Trinajstić information content (AvgIpc) is 2.79. The second-order valence-electron chi connectivity index (χ2n) is 7.78. The van der Waals surface area contributed by atoms with E-state index in [0.29, 0.717) is 17.8 Å². The van der Waals surface area contributed by atoms with Crippen molar-refractivity contribution in [2.24, 2.45) is 0 Å². The van der Waals surface area contributed by atoms with Gasteiger partial charge in [-0.05, 0) is 30.2 Å². The van der Waals surface area contributed by atoms with Gasteiger partial charge in [0, 0.05) is 13.1 Å². The molecule has 0 saturated heterocycles. The SMILES string of the molecule is Cc1ccc(CN(CC(=O)Nc2ccccc2C(=O)NCc2ccccc2)S(C)(=O)=O)cc1. The Balaban J connectivity index is 1.68. The molecule has 0 unspecified atom stereocenters. The lowest BCUT2D eigenvalue weighted by Crippen LogP contribution is -2.37. The van der Waals surface area contributed by atoms with Crippen molar-refractivity contribution >= 4 is 27.5 Å². The number of rotatable bonds is 9. The Kier molecular flexibility index (Phi) is 7.97. The van der Waals surface area contributed by atoms with Gasteiger partial charge >= 0.3 is 0 Å². The number of carbonyl (C=O) groups is 2. The summed E-state index contributed by atoms with van der Waals surface area (Å²) in [6, 6.07) is 23.5. The van der Waals surface area contributed by atoms with Crippen LogP contribution in [0.5, 0.6) is 0 Å². The van der Waals surface area contributed by atoms with E-state index in [9.17, 15) is 18.0 Å². The Morgan fingerprint density at radius 1 is 0.848 bits per heavy atom. The Labute approximate surface area is 194 Å². The van der Waals surface area contributed by atoms with E-state index in [0.717, 1.165) is 27.3 Å². The fourth-order valence-electron chi connectivity index (χ4n) is 3.20. The molecule has 0 aliphatic rings. The maximum absolute atomic E-state index is 12.7. The van der Waals surface area contributed by atoms with Crippen LogP contribution in [-0.2, 0) is 27.9 Å². The lowest BCUT2D eigenvalue weighted by atomic mass is 10.1. The normalized spacial score (nSPS) is 11.2. The number of amides is 2. The molecule has 0 aliphatic carbocycles. The zero-order valence-corrected chi connectivity index (χ0v) is 19.4. The molecule has 0 aromatic heterocycles. The number of para-hydroxylation sites is 1. The number of benzene rings is 3. The van der Waals surface area contributed by atoms with Crippen molar-refractivity contribution in [3.63, 3.8) is 0 Å². The third-order valence-corrected chi connectivity index (χ3v) is 6.21. The van der Waals surface area contributed by atoms with Gasteiger partial charge in [0.15, 0.2) is 0 Å². The summed E-state index contributed by atoms with van der Waals surface area (Å²) in [7, 11) is -3.63. The molecule has 0 fully saturated rings. The van der Waals surface area contributed by atoms with Gasteiger partial charge in [0.2, 0.25) is 15.9 Å². The van der Waals surface area contributed by atoms with Crippen LogP contribution >= 0.6 is 0 Å². The predicted octanol–water partition coefficient (Wildman–Crippen LogP) is 3.33. The molecule has 0 atom stereocenters. The highest BCUT2D eigenvalue weighted by atomic mass is 32.2. The average molecular weight is 466 g/mol. The van der Waals surface area contributed by atoms with E-state index < -0.39 is 15.9 Å². The molecule has 3 aromatic carbocycles. The highest BCUT2D eigenvalue weighted by Crippen LogP contribution is 2.16. The van der Waals surface area contributed by atoms with Crippen molar-refractivity contribution < 1.29 is 18.0 Å². The van der Waals surface area contributed by atoms with Crippen LogP contribution in [0.1, 0.15) is 27.0 Å². The number of sulfonamides is 1. The number of hydrogen-bond acceptors (Lipinski definition) is 4. The van der Waals surface area contributed by atoms with Crippen LogP contribution in [-0.4, -0.2) is 37.3 Å². The van der Waals surface area contributed by atoms with Gasteiger partial charge in [-0.1, -0.05) is 72.3 Å². The smallest absolute Gasteiger partial charge is 0.253 e. The van der Waals surface area contributed by atoms with Gasteiger partial charge in [-0.25, -0.2) is 8.42 Å². The summed E-state index contributed by atoms with van der Waals surface area (Å²) in [4.78, 5) is 25.4. The largest absolute Gasteiger partial charge is 0.348 e. The fourth-order valence-corrected chi connectivity index (χ4v) is 3.94. The third kappa shape index (κ3) is 7.27. The molecule has 2 amide bonds. The zero-order chi connectivity index (χ0) is 23.8. The van der Waals surface area contributed by atoms with Gasteiger partial charge < -0.3 is 10.6 Å². The first-order chi connectivity index (χ1) is 15.7. The van der Waals surface area contributed by atoms with E-state index in [1.807, 2.05) is 61.5 Å². The summed E-state index contributed by atoms with van der Waals surface area (Å²) in [6.07, 6.45) is 1.07. The fraction of sp³-hybridized carbons (Fsp3) is 0.200. The van der Waals surface area contributed by atoms with Gasteiger partial charge in [-0.2, -0.15) is 4.31 Å². The molecule has 0 heterocycles. The van der Waals surface area contributed by atoms with Crippen molar-refractivity contribution in [2.45, 2.75) is 20.0 Å². The molecule has 172 valence electrons. The monoisotopic (exact) mass is 465 g/mol. The lowest BCUT2D eigenvalue weighted by Gasteiger charge is -2.20. The Morgan fingerprint density at radius 3 is 2.15 bits per heavy atom. The standard InChI is InChI=1S/C25H27N3O4S/c1-19-12-14-21(15-13-19)17-28(33(2,31)32)18-24(29)27-23-11-7-6-10-22(23)25(30)26-16-20-8-4-3-5-9-20/h3-15H,16-18H2,1-2H3,(H,26,30)(H,27,29). The lowest BCUT2D eigenvalue weighted by molar-refractivity contribution is -0.116. The second-order valence-corrected chi connectivity index (χ2v) is 9.76. The van der Waals surface area contributed by atoms with Crippen molar-refractivity contribution in [3.8, 4) is 0 Å². The predicted molar refractivity (Wildman–Crippen MR) is 129 cm³/mol. The number of hydrogen-bond donors (Lipinski definition) is 2. The number of nitrogens with zero attached hydrogens (tertiary/aromatic N) is 1. The number of nitrogens with one attached hydrogen (secondary N) is 2. The quantitative estimate of drug-likeness (QED) is 0.507.